The average Bonchev–Trinajstić information content (AvgIpc) is 2.37. The zero-order valence-corrected chi connectivity index (χ0v) is 13.7. The first-order valence-electron chi connectivity index (χ1n) is 7.62. The van der Waals surface area contributed by atoms with Gasteiger partial charge in [0.25, 0.3) is 0 Å². The van der Waals surface area contributed by atoms with Crippen molar-refractivity contribution in [1.29, 1.82) is 0 Å². The number of nitrogens with one attached hydrogen (secondary N) is 1. The Morgan fingerprint density at radius 3 is 2.48 bits per heavy atom. The molecule has 0 aliphatic heterocycles. The quantitative estimate of drug-likeness (QED) is 0.812. The summed E-state index contributed by atoms with van der Waals surface area (Å²) in [4.78, 5) is 12.1. The molecule has 0 fully saturated rings. The van der Waals surface area contributed by atoms with Gasteiger partial charge in [0.15, 0.2) is 0 Å². The highest BCUT2D eigenvalue weighted by Gasteiger charge is 2.17. The van der Waals surface area contributed by atoms with Gasteiger partial charge in [-0.3, -0.25) is 4.79 Å². The fourth-order valence-corrected chi connectivity index (χ4v) is 2.15. The highest BCUT2D eigenvalue weighted by atomic mass is 16.5. The lowest BCUT2D eigenvalue weighted by Gasteiger charge is -2.20. The minimum absolute atomic E-state index is 0.0913. The fourth-order valence-electron chi connectivity index (χ4n) is 2.15. The standard InChI is InChI=1S/C17H28N2O2/c1-11(2)9-16(18)17(20)19-13(5)14-7-6-8-15(10-14)21-12(3)4/h6-8,10-13,16H,9,18H2,1-5H3,(H,19,20)/t13?,16-/m0/s1. The molecule has 4 nitrogen and oxygen atoms in total. The number of hydrogen-bond donors (Lipinski definition) is 2. The summed E-state index contributed by atoms with van der Waals surface area (Å²) in [5, 5.41) is 2.96. The summed E-state index contributed by atoms with van der Waals surface area (Å²) in [5.41, 5.74) is 6.92. The molecule has 0 bridgehead atoms. The lowest BCUT2D eigenvalue weighted by atomic mass is 10.0. The molecule has 0 saturated carbocycles. The highest BCUT2D eigenvalue weighted by molar-refractivity contribution is 5.81. The van der Waals surface area contributed by atoms with Gasteiger partial charge in [-0.2, -0.15) is 0 Å². The molecular formula is C17H28N2O2. The first kappa shape index (κ1) is 17.5. The van der Waals surface area contributed by atoms with Gasteiger partial charge in [0.1, 0.15) is 5.75 Å². The molecule has 21 heavy (non-hydrogen) atoms. The fraction of sp³-hybridized carbons (Fsp3) is 0.588. The van der Waals surface area contributed by atoms with Gasteiger partial charge in [0.2, 0.25) is 5.91 Å². The molecule has 0 aliphatic rings. The van der Waals surface area contributed by atoms with Crippen LogP contribution >= 0.6 is 0 Å². The summed E-state index contributed by atoms with van der Waals surface area (Å²) in [6, 6.07) is 7.24. The minimum Gasteiger partial charge on any atom is -0.491 e. The molecule has 0 aliphatic carbocycles. The van der Waals surface area contributed by atoms with Crippen LogP contribution in [0, 0.1) is 5.92 Å². The minimum atomic E-state index is -0.456. The number of ether oxygens (including phenoxy) is 1. The van der Waals surface area contributed by atoms with Gasteiger partial charge in [-0.15, -0.1) is 0 Å². The molecule has 118 valence electrons. The maximum absolute atomic E-state index is 12.1. The van der Waals surface area contributed by atoms with Crippen molar-refractivity contribution in [3.63, 3.8) is 0 Å². The Morgan fingerprint density at radius 2 is 1.90 bits per heavy atom. The number of carbonyl (C=O) groups is 1. The smallest absolute Gasteiger partial charge is 0.237 e. The van der Waals surface area contributed by atoms with E-state index in [4.69, 9.17) is 10.5 Å². The van der Waals surface area contributed by atoms with E-state index in [-0.39, 0.29) is 18.1 Å². The van der Waals surface area contributed by atoms with Crippen molar-refractivity contribution in [1.82, 2.24) is 5.32 Å². The molecule has 3 N–H and O–H groups in total. The third-order valence-electron chi connectivity index (χ3n) is 3.15. The van der Waals surface area contributed by atoms with Gasteiger partial charge in [-0.05, 0) is 50.8 Å². The van der Waals surface area contributed by atoms with Crippen molar-refractivity contribution in [3.8, 4) is 5.75 Å². The number of rotatable bonds is 7. The van der Waals surface area contributed by atoms with E-state index in [1.807, 2.05) is 45.0 Å². The van der Waals surface area contributed by atoms with Crippen molar-refractivity contribution in [2.24, 2.45) is 11.7 Å². The summed E-state index contributed by atoms with van der Waals surface area (Å²) in [5.74, 6) is 1.12. The van der Waals surface area contributed by atoms with Crippen LogP contribution < -0.4 is 15.8 Å². The maximum atomic E-state index is 12.1. The zero-order chi connectivity index (χ0) is 16.0. The zero-order valence-electron chi connectivity index (χ0n) is 13.7. The Hall–Kier alpha value is -1.55. The van der Waals surface area contributed by atoms with Crippen LogP contribution in [0.1, 0.15) is 52.6 Å². The van der Waals surface area contributed by atoms with Gasteiger partial charge >= 0.3 is 0 Å². The number of hydrogen-bond acceptors (Lipinski definition) is 3. The summed E-state index contributed by atoms with van der Waals surface area (Å²) in [6.07, 6.45) is 0.819. The predicted molar refractivity (Wildman–Crippen MR) is 86.2 cm³/mol. The summed E-state index contributed by atoms with van der Waals surface area (Å²) in [6.45, 7) is 10.0. The van der Waals surface area contributed by atoms with Crippen molar-refractivity contribution in [3.05, 3.63) is 29.8 Å². The average molecular weight is 292 g/mol. The molecule has 0 radical (unpaired) electrons. The molecule has 0 spiro atoms. The topological polar surface area (TPSA) is 64.4 Å². The van der Waals surface area contributed by atoms with Crippen LogP contribution in [0.5, 0.6) is 5.75 Å². The van der Waals surface area contributed by atoms with E-state index >= 15 is 0 Å². The Labute approximate surface area is 128 Å². The van der Waals surface area contributed by atoms with E-state index in [9.17, 15) is 4.79 Å². The first-order valence-corrected chi connectivity index (χ1v) is 7.62. The Morgan fingerprint density at radius 1 is 1.24 bits per heavy atom. The first-order chi connectivity index (χ1) is 9.79. The van der Waals surface area contributed by atoms with Crippen LogP contribution in [0.25, 0.3) is 0 Å². The third kappa shape index (κ3) is 6.17. The second-order valence-electron chi connectivity index (χ2n) is 6.21. The molecule has 0 heterocycles. The van der Waals surface area contributed by atoms with Crippen LogP contribution in [-0.2, 0) is 4.79 Å². The Bertz CT molecular complexity index is 458. The number of carbonyl (C=O) groups excluding carboxylic acids is 1. The van der Waals surface area contributed by atoms with Crippen molar-refractivity contribution in [2.75, 3.05) is 0 Å². The largest absolute Gasteiger partial charge is 0.491 e. The number of nitrogens with two attached hydrogens (primary N) is 1. The highest BCUT2D eigenvalue weighted by Crippen LogP contribution is 2.20. The van der Waals surface area contributed by atoms with Crippen molar-refractivity contribution >= 4 is 5.91 Å². The van der Waals surface area contributed by atoms with Crippen LogP contribution in [0.2, 0.25) is 0 Å². The monoisotopic (exact) mass is 292 g/mol. The van der Waals surface area contributed by atoms with Crippen LogP contribution in [-0.4, -0.2) is 18.1 Å². The summed E-state index contributed by atoms with van der Waals surface area (Å²) in [7, 11) is 0. The van der Waals surface area contributed by atoms with E-state index in [0.29, 0.717) is 12.3 Å². The van der Waals surface area contributed by atoms with Gasteiger partial charge in [-0.25, -0.2) is 0 Å². The van der Waals surface area contributed by atoms with Crippen LogP contribution in [0.3, 0.4) is 0 Å². The maximum Gasteiger partial charge on any atom is 0.237 e. The SMILES string of the molecule is CC(C)C[C@H](N)C(=O)NC(C)c1cccc(OC(C)C)c1. The van der Waals surface area contributed by atoms with E-state index < -0.39 is 6.04 Å². The van der Waals surface area contributed by atoms with Crippen molar-refractivity contribution < 1.29 is 9.53 Å². The summed E-state index contributed by atoms with van der Waals surface area (Å²) < 4.78 is 5.67. The van der Waals surface area contributed by atoms with Crippen LogP contribution in [0.15, 0.2) is 24.3 Å². The molecule has 0 aromatic heterocycles. The number of benzene rings is 1. The Balaban J connectivity index is 2.66. The van der Waals surface area contributed by atoms with E-state index in [0.717, 1.165) is 11.3 Å². The van der Waals surface area contributed by atoms with Crippen LogP contribution in [0.4, 0.5) is 0 Å². The van der Waals surface area contributed by atoms with Crippen molar-refractivity contribution in [2.45, 2.75) is 59.2 Å². The molecule has 1 rings (SSSR count). The summed E-state index contributed by atoms with van der Waals surface area (Å²) >= 11 is 0. The van der Waals surface area contributed by atoms with Gasteiger partial charge < -0.3 is 15.8 Å². The van der Waals surface area contributed by atoms with Gasteiger partial charge in [0, 0.05) is 0 Å². The van der Waals surface area contributed by atoms with E-state index in [1.165, 1.54) is 0 Å². The number of amides is 1. The molecule has 4 heteroatoms. The normalized spacial score (nSPS) is 14.1. The predicted octanol–water partition coefficient (Wildman–Crippen LogP) is 3.02. The molecule has 0 saturated heterocycles. The molecule has 1 unspecified atom stereocenters. The van der Waals surface area contributed by atoms with Gasteiger partial charge in [0.05, 0.1) is 18.2 Å². The van der Waals surface area contributed by atoms with Gasteiger partial charge in [-0.1, -0.05) is 26.0 Å². The lowest BCUT2D eigenvalue weighted by molar-refractivity contribution is -0.123. The van der Waals surface area contributed by atoms with E-state index in [1.54, 1.807) is 0 Å². The van der Waals surface area contributed by atoms with E-state index in [2.05, 4.69) is 19.2 Å². The lowest BCUT2D eigenvalue weighted by Crippen LogP contribution is -2.42. The molecular weight excluding hydrogens is 264 g/mol. The molecule has 1 aromatic carbocycles. The molecule has 1 amide bonds. The molecule has 2 atom stereocenters. The Kier molecular flexibility index (Phi) is 6.69. The second kappa shape index (κ2) is 8.03. The third-order valence-corrected chi connectivity index (χ3v) is 3.15. The molecule has 1 aromatic rings. The second-order valence-corrected chi connectivity index (χ2v) is 6.21.